The Morgan fingerprint density at radius 2 is 1.92 bits per heavy atom. The number of nitrogens with one attached hydrogen (secondary N) is 2. The van der Waals surface area contributed by atoms with Crippen molar-refractivity contribution in [3.8, 4) is 0 Å². The predicted octanol–water partition coefficient (Wildman–Crippen LogP) is 2.76. The maximum Gasteiger partial charge on any atom is 0.431 e. The molecule has 2 heterocycles. The summed E-state index contributed by atoms with van der Waals surface area (Å²) < 4.78 is 38.2. The molecule has 3 rings (SSSR count). The third kappa shape index (κ3) is 4.52. The summed E-state index contributed by atoms with van der Waals surface area (Å²) in [6.45, 7) is 4.56. The average Bonchev–Trinajstić information content (AvgIpc) is 2.98. The topological polar surface area (TPSA) is 51.4 Å². The van der Waals surface area contributed by atoms with Gasteiger partial charge in [0.1, 0.15) is 5.69 Å². The molecule has 1 aromatic heterocycles. The Labute approximate surface area is 143 Å². The molecule has 0 atom stereocenters. The molecule has 136 valence electrons. The van der Waals surface area contributed by atoms with Gasteiger partial charge in [0, 0.05) is 55.7 Å². The molecule has 2 aromatic rings. The van der Waals surface area contributed by atoms with Crippen LogP contribution in [-0.2, 0) is 11.0 Å². The van der Waals surface area contributed by atoms with Crippen LogP contribution in [0.1, 0.15) is 12.1 Å². The van der Waals surface area contributed by atoms with E-state index in [0.29, 0.717) is 29.6 Å². The summed E-state index contributed by atoms with van der Waals surface area (Å²) >= 11 is 0. The van der Waals surface area contributed by atoms with Crippen LogP contribution in [0.5, 0.6) is 0 Å². The second-order valence-electron chi connectivity index (χ2n) is 6.43. The van der Waals surface area contributed by atoms with Crippen molar-refractivity contribution in [1.29, 1.82) is 0 Å². The molecule has 1 aliphatic heterocycles. The van der Waals surface area contributed by atoms with E-state index in [0.717, 1.165) is 32.2 Å². The van der Waals surface area contributed by atoms with Gasteiger partial charge in [0.05, 0.1) is 0 Å². The number of hydrogen-bond donors (Lipinski definition) is 2. The summed E-state index contributed by atoms with van der Waals surface area (Å²) in [5.41, 5.74) is 0.104. The highest BCUT2D eigenvalue weighted by atomic mass is 19.4. The molecule has 8 heteroatoms. The van der Waals surface area contributed by atoms with E-state index in [1.807, 2.05) is 0 Å². The van der Waals surface area contributed by atoms with E-state index in [4.69, 9.17) is 0 Å². The molecule has 0 unspecified atom stereocenters. The van der Waals surface area contributed by atoms with Gasteiger partial charge in [-0.25, -0.2) is 0 Å². The van der Waals surface area contributed by atoms with E-state index in [9.17, 15) is 18.0 Å². The molecular formula is C17H21F3N4O. The largest absolute Gasteiger partial charge is 0.431 e. The molecule has 0 aliphatic carbocycles. The number of rotatable bonds is 4. The fourth-order valence-corrected chi connectivity index (χ4v) is 2.92. The number of halogens is 3. The molecule has 5 nitrogen and oxygen atoms in total. The molecule has 1 aromatic carbocycles. The minimum absolute atomic E-state index is 0.134. The van der Waals surface area contributed by atoms with Crippen molar-refractivity contribution in [2.24, 2.45) is 0 Å². The van der Waals surface area contributed by atoms with E-state index in [-0.39, 0.29) is 5.91 Å². The average molecular weight is 354 g/mol. The number of amides is 1. The first-order chi connectivity index (χ1) is 11.8. The van der Waals surface area contributed by atoms with E-state index < -0.39 is 11.9 Å². The predicted molar refractivity (Wildman–Crippen MR) is 90.5 cm³/mol. The van der Waals surface area contributed by atoms with Crippen LogP contribution in [0.15, 0.2) is 24.3 Å². The van der Waals surface area contributed by atoms with Crippen molar-refractivity contribution < 1.29 is 18.0 Å². The van der Waals surface area contributed by atoms with Crippen molar-refractivity contribution in [1.82, 2.24) is 14.8 Å². The van der Waals surface area contributed by atoms with Gasteiger partial charge in [-0.15, -0.1) is 0 Å². The van der Waals surface area contributed by atoms with Crippen molar-refractivity contribution in [2.45, 2.75) is 12.6 Å². The Morgan fingerprint density at radius 1 is 1.20 bits per heavy atom. The Kier molecular flexibility index (Phi) is 5.01. The lowest BCUT2D eigenvalue weighted by Crippen LogP contribution is -2.45. The van der Waals surface area contributed by atoms with Gasteiger partial charge in [-0.2, -0.15) is 13.2 Å². The number of H-pyrrole nitrogens is 1. The van der Waals surface area contributed by atoms with E-state index in [1.54, 1.807) is 18.2 Å². The van der Waals surface area contributed by atoms with Crippen LogP contribution in [0.3, 0.4) is 0 Å². The lowest BCUT2D eigenvalue weighted by atomic mass is 10.2. The molecule has 0 bridgehead atoms. The van der Waals surface area contributed by atoms with Crippen molar-refractivity contribution in [3.05, 3.63) is 30.0 Å². The Hall–Kier alpha value is -2.06. The number of fused-ring (bicyclic) bond motifs is 1. The van der Waals surface area contributed by atoms with Gasteiger partial charge in [0.25, 0.3) is 0 Å². The normalized spacial score (nSPS) is 17.1. The summed E-state index contributed by atoms with van der Waals surface area (Å²) in [5, 5.41) is 3.18. The zero-order valence-corrected chi connectivity index (χ0v) is 14.0. The first-order valence-electron chi connectivity index (χ1n) is 8.22. The Balaban J connectivity index is 1.57. The molecule has 25 heavy (non-hydrogen) atoms. The maximum absolute atomic E-state index is 12.7. The maximum atomic E-state index is 12.7. The summed E-state index contributed by atoms with van der Waals surface area (Å²) in [4.78, 5) is 18.9. The summed E-state index contributed by atoms with van der Waals surface area (Å²) in [5.74, 6) is -0.134. The zero-order valence-electron chi connectivity index (χ0n) is 14.0. The third-order valence-corrected chi connectivity index (χ3v) is 4.46. The van der Waals surface area contributed by atoms with Crippen LogP contribution in [-0.4, -0.2) is 60.5 Å². The zero-order chi connectivity index (χ0) is 18.0. The summed E-state index contributed by atoms with van der Waals surface area (Å²) in [6.07, 6.45) is -4.05. The number of anilines is 1. The fraction of sp³-hybridized carbons (Fsp3) is 0.471. The first-order valence-corrected chi connectivity index (χ1v) is 8.22. The van der Waals surface area contributed by atoms with Crippen LogP contribution in [0.2, 0.25) is 0 Å². The Morgan fingerprint density at radius 3 is 2.60 bits per heavy atom. The van der Waals surface area contributed by atoms with Crippen LogP contribution in [0, 0.1) is 0 Å². The highest BCUT2D eigenvalue weighted by Gasteiger charge is 2.32. The van der Waals surface area contributed by atoms with Crippen LogP contribution in [0.25, 0.3) is 10.9 Å². The molecule has 1 aliphatic rings. The lowest BCUT2D eigenvalue weighted by Gasteiger charge is -2.32. The Bertz CT molecular complexity index is 748. The van der Waals surface area contributed by atoms with Crippen molar-refractivity contribution in [3.63, 3.8) is 0 Å². The van der Waals surface area contributed by atoms with Crippen LogP contribution < -0.4 is 5.32 Å². The highest BCUT2D eigenvalue weighted by molar-refractivity contribution is 5.94. The summed E-state index contributed by atoms with van der Waals surface area (Å²) in [6, 6.07) is 5.75. The van der Waals surface area contributed by atoms with Gasteiger partial charge in [0.2, 0.25) is 5.91 Å². The quantitative estimate of drug-likeness (QED) is 0.888. The molecule has 1 fully saturated rings. The number of aromatic amines is 1. The first kappa shape index (κ1) is 17.8. The molecule has 2 N–H and O–H groups in total. The second-order valence-corrected chi connectivity index (χ2v) is 6.43. The van der Waals surface area contributed by atoms with Crippen molar-refractivity contribution in [2.75, 3.05) is 45.1 Å². The van der Waals surface area contributed by atoms with E-state index in [1.165, 1.54) is 0 Å². The van der Waals surface area contributed by atoms with Gasteiger partial charge >= 0.3 is 6.18 Å². The molecule has 0 spiro atoms. The van der Waals surface area contributed by atoms with Gasteiger partial charge < -0.3 is 20.1 Å². The SMILES string of the molecule is CN1CCN(CCC(=O)Nc2ccc3[nH]c(C(F)(F)F)cc3c2)CC1. The number of carbonyl (C=O) groups excluding carboxylic acids is 1. The number of piperazine rings is 1. The molecule has 0 radical (unpaired) electrons. The lowest BCUT2D eigenvalue weighted by molar-refractivity contribution is -0.140. The molecule has 0 saturated carbocycles. The smallest absolute Gasteiger partial charge is 0.351 e. The van der Waals surface area contributed by atoms with Gasteiger partial charge in [0.15, 0.2) is 0 Å². The van der Waals surface area contributed by atoms with Crippen molar-refractivity contribution >= 4 is 22.5 Å². The number of alkyl halides is 3. The van der Waals surface area contributed by atoms with E-state index in [2.05, 4.69) is 27.1 Å². The van der Waals surface area contributed by atoms with Gasteiger partial charge in [-0.1, -0.05) is 0 Å². The standard InChI is InChI=1S/C17H21F3N4O/c1-23-6-8-24(9-7-23)5-4-16(25)21-13-2-3-14-12(10-13)11-15(22-14)17(18,19)20/h2-3,10-11,22H,4-9H2,1H3,(H,21,25). The minimum atomic E-state index is -4.41. The fourth-order valence-electron chi connectivity index (χ4n) is 2.92. The number of aromatic nitrogens is 1. The minimum Gasteiger partial charge on any atom is -0.351 e. The number of likely N-dealkylation sites (N-methyl/N-ethyl adjacent to an activating group) is 1. The number of nitrogens with zero attached hydrogens (tertiary/aromatic N) is 2. The number of carbonyl (C=O) groups is 1. The number of benzene rings is 1. The molecular weight excluding hydrogens is 333 g/mol. The highest BCUT2D eigenvalue weighted by Crippen LogP contribution is 2.31. The van der Waals surface area contributed by atoms with Gasteiger partial charge in [-0.3, -0.25) is 4.79 Å². The van der Waals surface area contributed by atoms with Crippen LogP contribution in [0.4, 0.5) is 18.9 Å². The molecule has 1 saturated heterocycles. The monoisotopic (exact) mass is 354 g/mol. The third-order valence-electron chi connectivity index (χ3n) is 4.46. The van der Waals surface area contributed by atoms with E-state index >= 15 is 0 Å². The van der Waals surface area contributed by atoms with Gasteiger partial charge in [-0.05, 0) is 31.3 Å². The van der Waals surface area contributed by atoms with Crippen LogP contribution >= 0.6 is 0 Å². The number of hydrogen-bond acceptors (Lipinski definition) is 3. The summed E-state index contributed by atoms with van der Waals surface area (Å²) in [7, 11) is 2.07. The second kappa shape index (κ2) is 7.05. The molecule has 1 amide bonds.